The minimum atomic E-state index is -4.22. The lowest BCUT2D eigenvalue weighted by Crippen LogP contribution is -2.15. The van der Waals surface area contributed by atoms with Crippen LogP contribution in [0.2, 0.25) is 0 Å². The molecular weight excluding hydrogens is 857 g/mol. The van der Waals surface area contributed by atoms with Gasteiger partial charge >= 0.3 is 6.18 Å². The third-order valence-electron chi connectivity index (χ3n) is 11.7. The van der Waals surface area contributed by atoms with Crippen LogP contribution in [0.15, 0.2) is 182 Å². The summed E-state index contributed by atoms with van der Waals surface area (Å²) in [6.07, 6.45) is 20.9. The number of aryl methyl sites for hydroxylation is 4. The van der Waals surface area contributed by atoms with E-state index < -0.39 is 11.7 Å². The van der Waals surface area contributed by atoms with Gasteiger partial charge in [-0.2, -0.15) is 13.2 Å². The van der Waals surface area contributed by atoms with Crippen molar-refractivity contribution in [2.75, 3.05) is 0 Å². The van der Waals surface area contributed by atoms with E-state index in [1.807, 2.05) is 44.2 Å². The molecule has 0 spiro atoms. The molecule has 0 nitrogen and oxygen atoms in total. The van der Waals surface area contributed by atoms with Crippen molar-refractivity contribution in [1.82, 2.24) is 0 Å². The molecule has 2 aliphatic rings. The topological polar surface area (TPSA) is 0 Å². The molecule has 1 fully saturated rings. The molecule has 0 radical (unpaired) electrons. The summed E-state index contributed by atoms with van der Waals surface area (Å²) in [5.41, 5.74) is 18.8. The van der Waals surface area contributed by atoms with Crippen LogP contribution in [0.1, 0.15) is 138 Å². The van der Waals surface area contributed by atoms with Crippen LogP contribution >= 0.6 is 9.24 Å². The summed E-state index contributed by atoms with van der Waals surface area (Å²) in [6.45, 7) is 46.5. The molecule has 0 N–H and O–H groups in total. The van der Waals surface area contributed by atoms with E-state index in [4.69, 9.17) is 0 Å². The van der Waals surface area contributed by atoms with E-state index in [9.17, 15) is 13.2 Å². The molecule has 1 saturated carbocycles. The van der Waals surface area contributed by atoms with Crippen molar-refractivity contribution in [2.45, 2.75) is 127 Å². The molecule has 4 aromatic carbocycles. The van der Waals surface area contributed by atoms with E-state index in [1.165, 1.54) is 102 Å². The van der Waals surface area contributed by atoms with Crippen molar-refractivity contribution >= 4 is 26.7 Å². The maximum atomic E-state index is 12.0. The lowest BCUT2D eigenvalue weighted by atomic mass is 9.80. The van der Waals surface area contributed by atoms with Gasteiger partial charge in [0.05, 0.1) is 5.56 Å². The third-order valence-corrected chi connectivity index (χ3v) is 12.1. The van der Waals surface area contributed by atoms with Crippen LogP contribution in [-0.4, -0.2) is 0 Å². The molecule has 1 unspecified atom stereocenters. The second-order valence-electron chi connectivity index (χ2n) is 17.2. The van der Waals surface area contributed by atoms with Crippen molar-refractivity contribution < 1.29 is 13.2 Å². The van der Waals surface area contributed by atoms with Gasteiger partial charge in [-0.15, -0.1) is 9.24 Å². The summed E-state index contributed by atoms with van der Waals surface area (Å²) >= 11 is 0. The predicted octanol–water partition coefficient (Wildman–Crippen LogP) is 19.9. The molecular formula is C64H82F3P. The first-order valence-electron chi connectivity index (χ1n) is 24.0. The third kappa shape index (κ3) is 17.9. The Hall–Kier alpha value is -5.50. The second-order valence-corrected chi connectivity index (χ2v) is 17.9. The van der Waals surface area contributed by atoms with E-state index in [2.05, 4.69) is 184 Å². The monoisotopic (exact) mass is 939 g/mol. The first-order valence-corrected chi connectivity index (χ1v) is 24.6. The molecule has 4 heteroatoms. The molecule has 0 saturated heterocycles. The molecule has 4 aromatic rings. The Bertz CT molecular complexity index is 2430. The summed E-state index contributed by atoms with van der Waals surface area (Å²) in [4.78, 5) is 0. The molecule has 364 valence electrons. The second kappa shape index (κ2) is 30.1. The number of benzene rings is 4. The smallest absolute Gasteiger partial charge is 0.166 e. The fourth-order valence-electron chi connectivity index (χ4n) is 7.89. The number of rotatable bonds is 11. The quantitative estimate of drug-likeness (QED) is 0.104. The Morgan fingerprint density at radius 2 is 1.29 bits per heavy atom. The zero-order chi connectivity index (χ0) is 51.8. The lowest BCUT2D eigenvalue weighted by Gasteiger charge is -2.23. The number of hydrogen-bond acceptors (Lipinski definition) is 0. The molecule has 6 rings (SSSR count). The van der Waals surface area contributed by atoms with Crippen LogP contribution in [0.25, 0.3) is 23.3 Å². The Balaban J connectivity index is 0.000000445. The summed E-state index contributed by atoms with van der Waals surface area (Å²) in [7, 11) is 2.65. The van der Waals surface area contributed by atoms with Crippen LogP contribution < -0.4 is 5.30 Å². The van der Waals surface area contributed by atoms with Crippen molar-refractivity contribution in [1.29, 1.82) is 0 Å². The average Bonchev–Trinajstić information content (AvgIpc) is 4.15. The number of fused-ring (bicyclic) bond motifs is 3. The van der Waals surface area contributed by atoms with Gasteiger partial charge in [0.25, 0.3) is 0 Å². The Labute approximate surface area is 414 Å². The van der Waals surface area contributed by atoms with Gasteiger partial charge in [-0.3, -0.25) is 0 Å². The van der Waals surface area contributed by atoms with Gasteiger partial charge in [-0.1, -0.05) is 219 Å². The van der Waals surface area contributed by atoms with Gasteiger partial charge in [0.2, 0.25) is 0 Å². The Morgan fingerprint density at radius 3 is 1.71 bits per heavy atom. The normalized spacial score (nSPS) is 13.9. The Kier molecular flexibility index (Phi) is 26.8. The Morgan fingerprint density at radius 1 is 0.721 bits per heavy atom. The first kappa shape index (κ1) is 60.5. The average molecular weight is 939 g/mol. The lowest BCUT2D eigenvalue weighted by molar-refractivity contribution is -0.137. The van der Waals surface area contributed by atoms with Gasteiger partial charge in [0.15, 0.2) is 0 Å². The molecule has 2 aliphatic carbocycles. The summed E-state index contributed by atoms with van der Waals surface area (Å²) < 4.78 is 35.9. The van der Waals surface area contributed by atoms with E-state index in [-0.39, 0.29) is 5.41 Å². The minimum absolute atomic E-state index is 0.0406. The van der Waals surface area contributed by atoms with Gasteiger partial charge in [-0.05, 0) is 158 Å². The maximum Gasteiger partial charge on any atom is 0.416 e. The number of allylic oxidation sites excluding steroid dienone is 13. The fraction of sp³-hybridized carbons (Fsp3) is 0.312. The van der Waals surface area contributed by atoms with Gasteiger partial charge < -0.3 is 0 Å². The fourth-order valence-corrected chi connectivity index (χ4v) is 8.08. The molecule has 1 atom stereocenters. The zero-order valence-electron chi connectivity index (χ0n) is 43.9. The van der Waals surface area contributed by atoms with Crippen LogP contribution in [0.4, 0.5) is 13.2 Å². The van der Waals surface area contributed by atoms with Crippen LogP contribution in [0, 0.1) is 33.6 Å². The highest BCUT2D eigenvalue weighted by Gasteiger charge is 2.37. The number of hydrogen-bond donors (Lipinski definition) is 0. The molecule has 0 bridgehead atoms. The first-order chi connectivity index (χ1) is 32.2. The van der Waals surface area contributed by atoms with Crippen LogP contribution in [0.3, 0.4) is 0 Å². The summed E-state index contributed by atoms with van der Waals surface area (Å²) in [6, 6.07) is 22.7. The molecule has 0 heterocycles. The maximum absolute atomic E-state index is 12.0. The van der Waals surface area contributed by atoms with Crippen molar-refractivity contribution in [2.24, 2.45) is 5.92 Å². The van der Waals surface area contributed by atoms with E-state index in [0.29, 0.717) is 5.56 Å². The van der Waals surface area contributed by atoms with E-state index >= 15 is 0 Å². The van der Waals surface area contributed by atoms with Gasteiger partial charge in [0.1, 0.15) is 0 Å². The molecule has 0 aromatic heterocycles. The SMILES string of the molecule is C=C/C(C)=C(\C=C/C)C(/CC)=C(/C=C\C)C1CC1.C=C/C=C(\C=C)CC.C=Cc1c(C)cc2c(c1C=C)-c1ccc(C)cc1C2(C)C.CC.Cc1ccc(P)cc1.Cc1cccc(C(F)(F)F)c1. The molecule has 0 aliphatic heterocycles. The zero-order valence-corrected chi connectivity index (χ0v) is 45.0. The number of halogens is 3. The molecule has 0 amide bonds. The highest BCUT2D eigenvalue weighted by molar-refractivity contribution is 7.27. The molecule has 68 heavy (non-hydrogen) atoms. The van der Waals surface area contributed by atoms with Crippen molar-refractivity contribution in [3.8, 4) is 11.1 Å². The summed E-state index contributed by atoms with van der Waals surface area (Å²) in [5, 5.41) is 1.25. The minimum Gasteiger partial charge on any atom is -0.166 e. The van der Waals surface area contributed by atoms with Crippen molar-refractivity contribution in [3.05, 3.63) is 232 Å². The number of alkyl halides is 3. The highest BCUT2D eigenvalue weighted by atomic mass is 31.0. The van der Waals surface area contributed by atoms with E-state index in [0.717, 1.165) is 30.9 Å². The van der Waals surface area contributed by atoms with Crippen molar-refractivity contribution in [3.63, 3.8) is 0 Å². The summed E-state index contributed by atoms with van der Waals surface area (Å²) in [5.74, 6) is 0.786. The van der Waals surface area contributed by atoms with Gasteiger partial charge in [-0.25, -0.2) is 0 Å². The van der Waals surface area contributed by atoms with Crippen LogP contribution in [0.5, 0.6) is 0 Å². The standard InChI is InChI=1S/C21H22.C18H26.C8H7F3.C8H12.C7H9P.C2H6/c1-7-15-14(4)12-19-20(16(15)8-2)17-10-9-13(3)11-18(17)21(19,5)6;1-6-10-17(14(5)8-3)16(9-4)18(11-7-2)15-12-13-15;1-6-3-2-4-7(5-6)8(9,10)11;1-4-7-8(5-2)6-3;1-6-2-4-7(8)5-3-6;1-2/h7-12H,1-2H2,3-6H3;6-8,10-11,15H,3,9,12-13H2,1-2,4-5H3;2-5H,1H3;4-5,7H,1-2,6H2,3H3;2-5H,8H2,1H3;1-2H3/b;10-6-,11-7-,17-14+,18-16-;;8-7+;;. The predicted molar refractivity (Wildman–Crippen MR) is 303 cm³/mol. The van der Waals surface area contributed by atoms with Crippen LogP contribution in [-0.2, 0) is 11.6 Å². The largest absolute Gasteiger partial charge is 0.416 e. The van der Waals surface area contributed by atoms with Gasteiger partial charge in [0, 0.05) is 5.41 Å². The highest BCUT2D eigenvalue weighted by Crippen LogP contribution is 2.52. The van der Waals surface area contributed by atoms with E-state index in [1.54, 1.807) is 19.1 Å².